The largest absolute Gasteiger partial charge is 0.437 e. The molecular formula is C38H43BrN14O6. The number of benzene rings is 2. The third kappa shape index (κ3) is 10.2. The quantitative estimate of drug-likeness (QED) is 0.184. The minimum absolute atomic E-state index is 0.0206. The fourth-order valence-electron chi connectivity index (χ4n) is 5.81. The summed E-state index contributed by atoms with van der Waals surface area (Å²) in [6.45, 7) is 0.440. The number of rotatable bonds is 11. The van der Waals surface area contributed by atoms with Gasteiger partial charge in [0, 0.05) is 59.0 Å². The number of nitrogens with one attached hydrogen (secondary N) is 1. The van der Waals surface area contributed by atoms with Crippen LogP contribution < -0.4 is 32.4 Å². The molecule has 0 saturated carbocycles. The predicted molar refractivity (Wildman–Crippen MR) is 224 cm³/mol. The maximum atomic E-state index is 12.6. The van der Waals surface area contributed by atoms with Gasteiger partial charge in [0.25, 0.3) is 11.1 Å². The van der Waals surface area contributed by atoms with Crippen LogP contribution in [0.4, 0.5) is 11.4 Å². The van der Waals surface area contributed by atoms with Crippen LogP contribution in [0.2, 0.25) is 0 Å². The minimum Gasteiger partial charge on any atom is -0.390 e. The number of hydrogen-bond donors (Lipinski definition) is 1. The van der Waals surface area contributed by atoms with Gasteiger partial charge in [-0.15, -0.1) is 10.2 Å². The number of aromatic amines is 1. The summed E-state index contributed by atoms with van der Waals surface area (Å²) in [6.07, 6.45) is 7.51. The lowest BCUT2D eigenvalue weighted by molar-refractivity contribution is 0.434. The Morgan fingerprint density at radius 1 is 0.644 bits per heavy atom. The fourth-order valence-corrected chi connectivity index (χ4v) is 6.27. The molecule has 8 rings (SSSR count). The van der Waals surface area contributed by atoms with E-state index in [-0.39, 0.29) is 36.0 Å². The maximum Gasteiger partial charge on any atom is 0.437 e. The summed E-state index contributed by atoms with van der Waals surface area (Å²) in [5.41, 5.74) is 5.83. The Morgan fingerprint density at radius 3 is 1.58 bits per heavy atom. The van der Waals surface area contributed by atoms with Crippen molar-refractivity contribution < 1.29 is 8.83 Å². The van der Waals surface area contributed by atoms with Gasteiger partial charge in [-0.2, -0.15) is 4.68 Å². The summed E-state index contributed by atoms with van der Waals surface area (Å²) in [5.74, 6) is -0.936. The van der Waals surface area contributed by atoms with Crippen LogP contribution in [0, 0.1) is 0 Å². The summed E-state index contributed by atoms with van der Waals surface area (Å²) >= 11 is 3.42. The lowest BCUT2D eigenvalue weighted by Gasteiger charge is -2.12. The van der Waals surface area contributed by atoms with Gasteiger partial charge in [-0.25, -0.2) is 34.6 Å². The third-order valence-electron chi connectivity index (χ3n) is 9.04. The molecule has 0 amide bonds. The zero-order valence-electron chi connectivity index (χ0n) is 33.3. The second-order valence-corrected chi connectivity index (χ2v) is 14.5. The highest BCUT2D eigenvalue weighted by Crippen LogP contribution is 2.14. The number of aromatic nitrogens is 12. The second kappa shape index (κ2) is 18.6. The van der Waals surface area contributed by atoms with E-state index in [4.69, 9.17) is 8.83 Å². The van der Waals surface area contributed by atoms with Crippen LogP contribution in [0.1, 0.15) is 22.9 Å². The second-order valence-electron chi connectivity index (χ2n) is 13.7. The van der Waals surface area contributed by atoms with Crippen molar-refractivity contribution in [3.8, 4) is 0 Å². The molecule has 1 N–H and O–H groups in total. The van der Waals surface area contributed by atoms with E-state index in [1.807, 2.05) is 43.3 Å². The lowest BCUT2D eigenvalue weighted by atomic mass is 10.1. The molecule has 20 nitrogen and oxygen atoms in total. The summed E-state index contributed by atoms with van der Waals surface area (Å²) in [6, 6.07) is 16.8. The molecule has 0 aliphatic carbocycles. The van der Waals surface area contributed by atoms with E-state index in [9.17, 15) is 19.2 Å². The van der Waals surface area contributed by atoms with Crippen LogP contribution in [0.3, 0.4) is 0 Å². The Hall–Kier alpha value is -6.90. The van der Waals surface area contributed by atoms with Gasteiger partial charge in [0.05, 0.1) is 19.2 Å². The first kappa shape index (κ1) is 41.7. The van der Waals surface area contributed by atoms with Crippen molar-refractivity contribution in [3.63, 3.8) is 0 Å². The van der Waals surface area contributed by atoms with E-state index in [0.29, 0.717) is 35.3 Å². The Kier molecular flexibility index (Phi) is 13.1. The van der Waals surface area contributed by atoms with Crippen molar-refractivity contribution in [3.05, 3.63) is 139 Å². The molecule has 0 aliphatic heterocycles. The Bertz CT molecular complexity index is 2880. The first-order valence-corrected chi connectivity index (χ1v) is 19.4. The topological polar surface area (TPSA) is 219 Å². The van der Waals surface area contributed by atoms with E-state index < -0.39 is 11.5 Å². The van der Waals surface area contributed by atoms with Crippen LogP contribution in [0.15, 0.2) is 102 Å². The van der Waals surface area contributed by atoms with Crippen molar-refractivity contribution in [2.24, 2.45) is 14.1 Å². The van der Waals surface area contributed by atoms with Crippen LogP contribution in [-0.4, -0.2) is 91.7 Å². The predicted octanol–water partition coefficient (Wildman–Crippen LogP) is 2.18. The van der Waals surface area contributed by atoms with Crippen LogP contribution in [0.25, 0.3) is 22.3 Å². The molecule has 59 heavy (non-hydrogen) atoms. The number of halogens is 1. The number of imidazole rings is 2. The number of alkyl halides is 1. The van der Waals surface area contributed by atoms with E-state index in [2.05, 4.69) is 94.4 Å². The van der Waals surface area contributed by atoms with Crippen LogP contribution in [0.5, 0.6) is 0 Å². The highest BCUT2D eigenvalue weighted by atomic mass is 79.9. The molecule has 0 unspecified atom stereocenters. The number of hydrogen-bond acceptors (Lipinski definition) is 14. The molecule has 0 fully saturated rings. The molecule has 21 heteroatoms. The third-order valence-corrected chi connectivity index (χ3v) is 9.44. The van der Waals surface area contributed by atoms with Gasteiger partial charge in [-0.3, -0.25) is 18.7 Å². The highest BCUT2D eigenvalue weighted by molar-refractivity contribution is 9.09. The number of anilines is 2. The monoisotopic (exact) mass is 870 g/mol. The Labute approximate surface area is 344 Å². The van der Waals surface area contributed by atoms with Gasteiger partial charge < -0.3 is 27.8 Å². The molecule has 8 aromatic rings. The molecule has 0 spiro atoms. The van der Waals surface area contributed by atoms with Crippen molar-refractivity contribution in [1.29, 1.82) is 0 Å². The molecule has 6 heterocycles. The molecular weight excluding hydrogens is 828 g/mol. The SMILES string of the molecule is CN(C)c1ccc(CCBr)cc1.CN(C)c1ccc(CCn2nc(Cn3cnc4ncn(C)c4c3=O)oc2=O)cc1.Cn1cnc2ncn(Cc3n[nH]c(=O)o3)c(=O)c21. The summed E-state index contributed by atoms with van der Waals surface area (Å²) in [5, 5.41) is 11.0. The highest BCUT2D eigenvalue weighted by Gasteiger charge is 2.14. The van der Waals surface area contributed by atoms with Gasteiger partial charge in [-0.05, 0) is 48.2 Å². The zero-order valence-corrected chi connectivity index (χ0v) is 34.9. The molecule has 0 aliphatic rings. The standard InChI is InChI=1S/C19H21N7O3.C10H14BrN.C9H8N6O3/c1-23(2)14-6-4-13(5-7-14)8-9-26-19(28)29-15(22-26)10-25-12-21-17-16(18(25)27)24(3)11-20-17;1-12(2)10-5-3-9(4-6-10)7-8-11;1-14-3-10-7-6(14)8(16)15(4-11-7)2-5-12-13-9(17)18-5/h4-7,11-12H,8-10H2,1-3H3;3-6H,7-8H2,1-2H3;3-4H,2H2,1H3,(H,13,17). The Balaban J connectivity index is 0.000000165. The molecule has 6 aromatic heterocycles. The summed E-state index contributed by atoms with van der Waals surface area (Å²) < 4.78 is 17.1. The smallest absolute Gasteiger partial charge is 0.390 e. The molecule has 308 valence electrons. The van der Waals surface area contributed by atoms with Gasteiger partial charge in [0.15, 0.2) is 22.3 Å². The number of H-pyrrole nitrogens is 1. The zero-order chi connectivity index (χ0) is 42.2. The normalized spacial score (nSPS) is 11.0. The molecule has 0 atom stereocenters. The fraction of sp³-hybridized carbons (Fsp3) is 0.316. The van der Waals surface area contributed by atoms with Gasteiger partial charge in [0.1, 0.15) is 25.7 Å². The number of fused-ring (bicyclic) bond motifs is 2. The van der Waals surface area contributed by atoms with Crippen LogP contribution >= 0.6 is 15.9 Å². The van der Waals surface area contributed by atoms with Crippen LogP contribution in [-0.2, 0) is 46.6 Å². The average Bonchev–Trinajstić information content (AvgIpc) is 4.00. The van der Waals surface area contributed by atoms with Gasteiger partial charge >= 0.3 is 11.5 Å². The Morgan fingerprint density at radius 2 is 1.12 bits per heavy atom. The average molecular weight is 872 g/mol. The first-order chi connectivity index (χ1) is 28.3. The number of nitrogens with zero attached hydrogens (tertiary/aromatic N) is 13. The first-order valence-electron chi connectivity index (χ1n) is 18.2. The van der Waals surface area contributed by atoms with Gasteiger partial charge in [0.2, 0.25) is 11.8 Å². The molecule has 0 radical (unpaired) electrons. The molecule has 0 bridgehead atoms. The van der Waals surface area contributed by atoms with E-state index >= 15 is 0 Å². The van der Waals surface area contributed by atoms with E-state index in [1.165, 1.54) is 50.4 Å². The van der Waals surface area contributed by atoms with Gasteiger partial charge in [-0.1, -0.05) is 40.2 Å². The van der Waals surface area contributed by atoms with Crippen molar-refractivity contribution in [2.45, 2.75) is 32.5 Å². The summed E-state index contributed by atoms with van der Waals surface area (Å²) in [7, 11) is 11.5. The summed E-state index contributed by atoms with van der Waals surface area (Å²) in [4.78, 5) is 68.0. The van der Waals surface area contributed by atoms with E-state index in [1.54, 1.807) is 23.2 Å². The van der Waals surface area contributed by atoms with Crippen molar-refractivity contribution in [2.75, 3.05) is 43.3 Å². The molecule has 0 saturated heterocycles. The van der Waals surface area contributed by atoms with Crippen molar-refractivity contribution >= 4 is 49.6 Å². The number of aryl methyl sites for hydroxylation is 5. The minimum atomic E-state index is -0.660. The van der Waals surface area contributed by atoms with Crippen molar-refractivity contribution in [1.82, 2.24) is 58.2 Å². The lowest BCUT2D eigenvalue weighted by Crippen LogP contribution is -2.22. The maximum absolute atomic E-state index is 12.6. The van der Waals surface area contributed by atoms with E-state index in [0.717, 1.165) is 23.0 Å². The molecule has 2 aromatic carbocycles.